The van der Waals surface area contributed by atoms with Gasteiger partial charge in [-0.1, -0.05) is 28.1 Å². The van der Waals surface area contributed by atoms with Gasteiger partial charge in [0, 0.05) is 23.1 Å². The van der Waals surface area contributed by atoms with E-state index in [4.69, 9.17) is 5.73 Å². The fourth-order valence-electron chi connectivity index (χ4n) is 2.33. The predicted molar refractivity (Wildman–Crippen MR) is 66.8 cm³/mol. The van der Waals surface area contributed by atoms with Crippen LogP contribution in [-0.2, 0) is 0 Å². The normalized spacial score (nSPS) is 27.2. The lowest BCUT2D eigenvalue weighted by molar-refractivity contribution is 0.304. The Morgan fingerprint density at radius 1 is 1.47 bits per heavy atom. The van der Waals surface area contributed by atoms with E-state index in [0.717, 1.165) is 13.0 Å². The minimum Gasteiger partial charge on any atom is -0.326 e. The summed E-state index contributed by atoms with van der Waals surface area (Å²) in [4.78, 5) is 2.34. The molecule has 0 spiro atoms. The van der Waals surface area contributed by atoms with Gasteiger partial charge in [-0.3, -0.25) is 4.90 Å². The highest BCUT2D eigenvalue weighted by atomic mass is 79.9. The van der Waals surface area contributed by atoms with Gasteiger partial charge in [0.15, 0.2) is 0 Å². The Morgan fingerprint density at radius 2 is 2.20 bits per heavy atom. The minimum atomic E-state index is 0.274. The number of rotatable bonds is 1. The lowest BCUT2D eigenvalue weighted by Crippen LogP contribution is -2.29. The summed E-state index contributed by atoms with van der Waals surface area (Å²) in [5.74, 6) is 0. The molecule has 1 heterocycles. The van der Waals surface area contributed by atoms with Crippen molar-refractivity contribution in [3.63, 3.8) is 0 Å². The third kappa shape index (κ3) is 2.10. The Labute approximate surface area is 99.6 Å². The van der Waals surface area contributed by atoms with E-state index in [1.165, 1.54) is 15.6 Å². The fraction of sp³-hybridized carbons (Fsp3) is 0.500. The number of likely N-dealkylation sites (N-methyl/N-ethyl adjacent to an activating group) is 1. The van der Waals surface area contributed by atoms with Gasteiger partial charge in [0.25, 0.3) is 0 Å². The first kappa shape index (κ1) is 11.1. The van der Waals surface area contributed by atoms with Gasteiger partial charge < -0.3 is 5.73 Å². The molecule has 1 fully saturated rings. The molecule has 82 valence electrons. The van der Waals surface area contributed by atoms with Gasteiger partial charge >= 0.3 is 0 Å². The summed E-state index contributed by atoms with van der Waals surface area (Å²) in [5.41, 5.74) is 8.75. The standard InChI is InChI=1S/C12H17BrN2/c1-8-7-9(3-4-10(8)13)12-11(14)5-6-15(12)2/h3-4,7,11-12H,5-6,14H2,1-2H3. The quantitative estimate of drug-likeness (QED) is 0.848. The summed E-state index contributed by atoms with van der Waals surface area (Å²) in [5, 5.41) is 0. The Kier molecular flexibility index (Phi) is 3.14. The monoisotopic (exact) mass is 268 g/mol. The Hall–Kier alpha value is -0.380. The summed E-state index contributed by atoms with van der Waals surface area (Å²) in [6.45, 7) is 3.22. The third-order valence-electron chi connectivity index (χ3n) is 3.22. The van der Waals surface area contributed by atoms with Crippen molar-refractivity contribution in [3.8, 4) is 0 Å². The van der Waals surface area contributed by atoms with Gasteiger partial charge in [-0.15, -0.1) is 0 Å². The highest BCUT2D eigenvalue weighted by Gasteiger charge is 2.30. The van der Waals surface area contributed by atoms with Crippen LogP contribution in [0.15, 0.2) is 22.7 Å². The first-order valence-corrected chi connectivity index (χ1v) is 6.11. The van der Waals surface area contributed by atoms with Crippen molar-refractivity contribution < 1.29 is 0 Å². The van der Waals surface area contributed by atoms with Crippen molar-refractivity contribution in [1.29, 1.82) is 0 Å². The molecule has 1 aromatic rings. The zero-order chi connectivity index (χ0) is 11.0. The SMILES string of the molecule is Cc1cc(C2C(N)CCN2C)ccc1Br. The molecule has 0 amide bonds. The predicted octanol–water partition coefficient (Wildman–Crippen LogP) is 2.46. The number of aryl methyl sites for hydroxylation is 1. The number of hydrogen-bond donors (Lipinski definition) is 1. The molecule has 0 saturated carbocycles. The molecule has 1 saturated heterocycles. The Balaban J connectivity index is 2.32. The first-order chi connectivity index (χ1) is 7.09. The average Bonchev–Trinajstić information content (AvgIpc) is 2.52. The third-order valence-corrected chi connectivity index (χ3v) is 4.11. The van der Waals surface area contributed by atoms with E-state index in [1.807, 2.05) is 0 Å². The van der Waals surface area contributed by atoms with Crippen molar-refractivity contribution in [2.75, 3.05) is 13.6 Å². The van der Waals surface area contributed by atoms with Crippen LogP contribution in [0.25, 0.3) is 0 Å². The average molecular weight is 269 g/mol. The largest absolute Gasteiger partial charge is 0.326 e. The smallest absolute Gasteiger partial charge is 0.0496 e. The van der Waals surface area contributed by atoms with Crippen molar-refractivity contribution in [2.24, 2.45) is 5.73 Å². The van der Waals surface area contributed by atoms with Gasteiger partial charge in [-0.2, -0.15) is 0 Å². The zero-order valence-electron chi connectivity index (χ0n) is 9.20. The molecule has 1 aliphatic heterocycles. The van der Waals surface area contributed by atoms with Crippen molar-refractivity contribution in [2.45, 2.75) is 25.4 Å². The van der Waals surface area contributed by atoms with E-state index >= 15 is 0 Å². The fourth-order valence-corrected chi connectivity index (χ4v) is 2.58. The van der Waals surface area contributed by atoms with Crippen LogP contribution in [0, 0.1) is 6.92 Å². The zero-order valence-corrected chi connectivity index (χ0v) is 10.8. The Bertz CT molecular complexity index is 355. The summed E-state index contributed by atoms with van der Waals surface area (Å²) in [6.07, 6.45) is 1.09. The van der Waals surface area contributed by atoms with Crippen LogP contribution in [0.2, 0.25) is 0 Å². The maximum atomic E-state index is 6.14. The van der Waals surface area contributed by atoms with Crippen molar-refractivity contribution in [1.82, 2.24) is 4.90 Å². The topological polar surface area (TPSA) is 29.3 Å². The lowest BCUT2D eigenvalue weighted by atomic mass is 9.99. The summed E-state index contributed by atoms with van der Waals surface area (Å²) in [7, 11) is 2.15. The van der Waals surface area contributed by atoms with E-state index in [0.29, 0.717) is 6.04 Å². The molecular formula is C12H17BrN2. The first-order valence-electron chi connectivity index (χ1n) is 5.31. The maximum absolute atomic E-state index is 6.14. The number of benzene rings is 1. The highest BCUT2D eigenvalue weighted by Crippen LogP contribution is 2.31. The molecule has 2 atom stereocenters. The van der Waals surface area contributed by atoms with Crippen molar-refractivity contribution >= 4 is 15.9 Å². The van der Waals surface area contributed by atoms with E-state index in [2.05, 4.69) is 53.0 Å². The van der Waals surface area contributed by atoms with E-state index in [1.54, 1.807) is 0 Å². The van der Waals surface area contributed by atoms with E-state index in [-0.39, 0.29) is 6.04 Å². The number of nitrogens with two attached hydrogens (primary N) is 1. The molecule has 1 aliphatic rings. The summed E-state index contributed by atoms with van der Waals surface area (Å²) in [6, 6.07) is 7.18. The van der Waals surface area contributed by atoms with Crippen LogP contribution in [0.3, 0.4) is 0 Å². The molecule has 3 heteroatoms. The molecule has 0 bridgehead atoms. The molecule has 2 rings (SSSR count). The Morgan fingerprint density at radius 3 is 2.73 bits per heavy atom. The second-order valence-electron chi connectivity index (χ2n) is 4.39. The van der Waals surface area contributed by atoms with Gasteiger partial charge in [0.1, 0.15) is 0 Å². The molecule has 1 aromatic carbocycles. The molecule has 15 heavy (non-hydrogen) atoms. The number of nitrogens with zero attached hydrogens (tertiary/aromatic N) is 1. The lowest BCUT2D eigenvalue weighted by Gasteiger charge is -2.23. The second kappa shape index (κ2) is 4.24. The van der Waals surface area contributed by atoms with Crippen LogP contribution in [0.1, 0.15) is 23.6 Å². The number of hydrogen-bond acceptors (Lipinski definition) is 2. The van der Waals surface area contributed by atoms with Gasteiger partial charge in [-0.25, -0.2) is 0 Å². The minimum absolute atomic E-state index is 0.274. The van der Waals surface area contributed by atoms with E-state index < -0.39 is 0 Å². The molecular weight excluding hydrogens is 252 g/mol. The molecule has 0 aliphatic carbocycles. The molecule has 2 N–H and O–H groups in total. The molecule has 0 radical (unpaired) electrons. The molecule has 0 aromatic heterocycles. The number of likely N-dealkylation sites (tertiary alicyclic amines) is 1. The van der Waals surface area contributed by atoms with E-state index in [9.17, 15) is 0 Å². The van der Waals surface area contributed by atoms with Gasteiger partial charge in [0.05, 0.1) is 0 Å². The highest BCUT2D eigenvalue weighted by molar-refractivity contribution is 9.10. The molecule has 2 unspecified atom stereocenters. The number of halogens is 1. The van der Waals surface area contributed by atoms with Crippen LogP contribution >= 0.6 is 15.9 Å². The van der Waals surface area contributed by atoms with Crippen LogP contribution in [-0.4, -0.2) is 24.5 Å². The van der Waals surface area contributed by atoms with Gasteiger partial charge in [-0.05, 0) is 37.6 Å². The maximum Gasteiger partial charge on any atom is 0.0496 e. The van der Waals surface area contributed by atoms with Crippen LogP contribution < -0.4 is 5.73 Å². The second-order valence-corrected chi connectivity index (χ2v) is 5.24. The van der Waals surface area contributed by atoms with Crippen LogP contribution in [0.5, 0.6) is 0 Å². The van der Waals surface area contributed by atoms with Crippen LogP contribution in [0.4, 0.5) is 0 Å². The van der Waals surface area contributed by atoms with Gasteiger partial charge in [0.2, 0.25) is 0 Å². The summed E-state index contributed by atoms with van der Waals surface area (Å²) >= 11 is 3.52. The molecule has 2 nitrogen and oxygen atoms in total. The van der Waals surface area contributed by atoms with Crippen molar-refractivity contribution in [3.05, 3.63) is 33.8 Å². The summed E-state index contributed by atoms with van der Waals surface area (Å²) < 4.78 is 1.17.